The highest BCUT2D eigenvalue weighted by Gasteiger charge is 2.21. The van der Waals surface area contributed by atoms with Crippen LogP contribution in [0.25, 0.3) is 0 Å². The topological polar surface area (TPSA) is 66.5 Å². The van der Waals surface area contributed by atoms with Gasteiger partial charge in [-0.2, -0.15) is 0 Å². The van der Waals surface area contributed by atoms with E-state index in [4.69, 9.17) is 0 Å². The van der Waals surface area contributed by atoms with E-state index in [0.29, 0.717) is 12.6 Å². The Labute approximate surface area is 174 Å². The number of amides is 1. The van der Waals surface area contributed by atoms with E-state index in [0.717, 1.165) is 18.7 Å². The molecule has 1 fully saturated rings. The fraction of sp³-hybridized carbons (Fsp3) is 0.435. The molecule has 1 saturated heterocycles. The third-order valence-electron chi connectivity index (χ3n) is 5.72. The Balaban J connectivity index is 1.74. The summed E-state index contributed by atoms with van der Waals surface area (Å²) >= 11 is 0. The highest BCUT2D eigenvalue weighted by atomic mass is 32.2. The van der Waals surface area contributed by atoms with Crippen LogP contribution in [0.1, 0.15) is 54.6 Å². The smallest absolute Gasteiger partial charge is 0.252 e. The van der Waals surface area contributed by atoms with Gasteiger partial charge >= 0.3 is 0 Å². The summed E-state index contributed by atoms with van der Waals surface area (Å²) in [5, 5.41) is 2.92. The van der Waals surface area contributed by atoms with Gasteiger partial charge in [0.05, 0.1) is 16.2 Å². The van der Waals surface area contributed by atoms with Crippen molar-refractivity contribution in [3.63, 3.8) is 0 Å². The summed E-state index contributed by atoms with van der Waals surface area (Å²) in [6.07, 6.45) is 3.74. The van der Waals surface area contributed by atoms with Crippen molar-refractivity contribution in [3.8, 4) is 0 Å². The van der Waals surface area contributed by atoms with Crippen LogP contribution in [0.5, 0.6) is 0 Å². The first-order valence-corrected chi connectivity index (χ1v) is 12.0. The normalized spacial score (nSPS) is 17.8. The molecule has 1 atom stereocenters. The lowest BCUT2D eigenvalue weighted by Crippen LogP contribution is -2.37. The van der Waals surface area contributed by atoms with Crippen molar-refractivity contribution < 1.29 is 13.2 Å². The number of carbonyl (C=O) groups is 1. The molecular weight excluding hydrogens is 384 g/mol. The van der Waals surface area contributed by atoms with Crippen LogP contribution in [0, 0.1) is 0 Å². The van der Waals surface area contributed by atoms with Crippen LogP contribution in [0.2, 0.25) is 0 Å². The van der Waals surface area contributed by atoms with E-state index in [2.05, 4.69) is 23.2 Å². The number of sulfone groups is 1. The van der Waals surface area contributed by atoms with Gasteiger partial charge in [0.25, 0.3) is 5.91 Å². The predicted octanol–water partition coefficient (Wildman–Crippen LogP) is 3.78. The number of hydrogen-bond acceptors (Lipinski definition) is 4. The summed E-state index contributed by atoms with van der Waals surface area (Å²) in [5.41, 5.74) is 2.47. The molecule has 1 heterocycles. The zero-order valence-corrected chi connectivity index (χ0v) is 18.0. The maximum Gasteiger partial charge on any atom is 0.252 e. The van der Waals surface area contributed by atoms with Gasteiger partial charge in [-0.3, -0.25) is 9.69 Å². The standard InChI is InChI=1S/C23H30N2O3S/c1-3-29(27,28)22-14-7-6-13-21(22)23(26)24-16-19-11-4-5-12-20(19)17-25-15-9-8-10-18(25)2/h4-7,11-14,18H,3,8-10,15-17H2,1-2H3,(H,24,26). The fourth-order valence-corrected chi connectivity index (χ4v) is 4.94. The third-order valence-corrected chi connectivity index (χ3v) is 7.50. The molecule has 1 amide bonds. The number of nitrogens with one attached hydrogen (secondary N) is 1. The second-order valence-corrected chi connectivity index (χ2v) is 9.91. The molecule has 1 unspecified atom stereocenters. The van der Waals surface area contributed by atoms with Gasteiger partial charge in [-0.1, -0.05) is 49.7 Å². The summed E-state index contributed by atoms with van der Waals surface area (Å²) in [7, 11) is -3.46. The summed E-state index contributed by atoms with van der Waals surface area (Å²) in [6, 6.07) is 15.1. The molecule has 1 aliphatic rings. The predicted molar refractivity (Wildman–Crippen MR) is 116 cm³/mol. The van der Waals surface area contributed by atoms with E-state index in [-0.39, 0.29) is 22.1 Å². The second-order valence-electron chi connectivity index (χ2n) is 7.67. The molecule has 6 heteroatoms. The van der Waals surface area contributed by atoms with E-state index in [9.17, 15) is 13.2 Å². The zero-order chi connectivity index (χ0) is 20.9. The minimum absolute atomic E-state index is 0.0336. The Hall–Kier alpha value is -2.18. The van der Waals surface area contributed by atoms with Crippen LogP contribution in [0.3, 0.4) is 0 Å². The Bertz CT molecular complexity index is 956. The number of benzene rings is 2. The van der Waals surface area contributed by atoms with Crippen LogP contribution in [0.15, 0.2) is 53.4 Å². The Morgan fingerprint density at radius 2 is 1.76 bits per heavy atom. The maximum absolute atomic E-state index is 12.8. The van der Waals surface area contributed by atoms with Gasteiger partial charge in [-0.15, -0.1) is 0 Å². The van der Waals surface area contributed by atoms with Crippen LogP contribution >= 0.6 is 0 Å². The molecular formula is C23H30N2O3S. The first-order valence-electron chi connectivity index (χ1n) is 10.3. The Morgan fingerprint density at radius 3 is 2.48 bits per heavy atom. The van der Waals surface area contributed by atoms with Crippen molar-refractivity contribution >= 4 is 15.7 Å². The molecule has 0 aliphatic carbocycles. The molecule has 0 spiro atoms. The Kier molecular flexibility index (Phi) is 7.09. The monoisotopic (exact) mass is 414 g/mol. The third kappa shape index (κ3) is 5.25. The molecule has 2 aromatic carbocycles. The lowest BCUT2D eigenvalue weighted by Gasteiger charge is -2.33. The number of nitrogens with zero attached hydrogens (tertiary/aromatic N) is 1. The molecule has 0 saturated carbocycles. The van der Waals surface area contributed by atoms with E-state index >= 15 is 0 Å². The summed E-state index contributed by atoms with van der Waals surface area (Å²) in [6.45, 7) is 6.20. The maximum atomic E-state index is 12.8. The molecule has 1 aliphatic heterocycles. The molecule has 2 aromatic rings. The number of piperidine rings is 1. The van der Waals surface area contributed by atoms with Crippen molar-refractivity contribution in [2.75, 3.05) is 12.3 Å². The van der Waals surface area contributed by atoms with Gasteiger partial charge in [0, 0.05) is 19.1 Å². The van der Waals surface area contributed by atoms with Crippen LogP contribution in [-0.2, 0) is 22.9 Å². The van der Waals surface area contributed by atoms with Crippen molar-refractivity contribution in [2.45, 2.75) is 57.1 Å². The largest absolute Gasteiger partial charge is 0.348 e. The number of hydrogen-bond donors (Lipinski definition) is 1. The average Bonchev–Trinajstić information content (AvgIpc) is 2.74. The number of likely N-dealkylation sites (tertiary alicyclic amines) is 1. The van der Waals surface area contributed by atoms with Crippen molar-refractivity contribution in [3.05, 3.63) is 65.2 Å². The SMILES string of the molecule is CCS(=O)(=O)c1ccccc1C(=O)NCc1ccccc1CN1CCCCC1C. The van der Waals surface area contributed by atoms with Gasteiger partial charge < -0.3 is 5.32 Å². The van der Waals surface area contributed by atoms with Crippen molar-refractivity contribution in [2.24, 2.45) is 0 Å². The molecule has 0 aromatic heterocycles. The minimum atomic E-state index is -3.46. The highest BCUT2D eigenvalue weighted by Crippen LogP contribution is 2.21. The van der Waals surface area contributed by atoms with E-state index in [1.165, 1.54) is 30.9 Å². The van der Waals surface area contributed by atoms with Gasteiger partial charge in [-0.25, -0.2) is 8.42 Å². The molecule has 29 heavy (non-hydrogen) atoms. The lowest BCUT2D eigenvalue weighted by atomic mass is 10.0. The van der Waals surface area contributed by atoms with Crippen LogP contribution in [0.4, 0.5) is 0 Å². The van der Waals surface area contributed by atoms with Gasteiger partial charge in [0.15, 0.2) is 9.84 Å². The van der Waals surface area contributed by atoms with Gasteiger partial charge in [0.1, 0.15) is 0 Å². The first-order chi connectivity index (χ1) is 13.9. The Morgan fingerprint density at radius 1 is 1.07 bits per heavy atom. The lowest BCUT2D eigenvalue weighted by molar-refractivity contribution is 0.0947. The van der Waals surface area contributed by atoms with E-state index in [1.807, 2.05) is 18.2 Å². The first kappa shape index (κ1) is 21.5. The quantitative estimate of drug-likeness (QED) is 0.749. The van der Waals surface area contributed by atoms with Gasteiger partial charge in [0.2, 0.25) is 0 Å². The summed E-state index contributed by atoms with van der Waals surface area (Å²) in [4.78, 5) is 15.4. The molecule has 0 bridgehead atoms. The van der Waals surface area contributed by atoms with Crippen LogP contribution < -0.4 is 5.32 Å². The number of rotatable bonds is 7. The van der Waals surface area contributed by atoms with E-state index in [1.54, 1.807) is 25.1 Å². The molecule has 1 N–H and O–H groups in total. The minimum Gasteiger partial charge on any atom is -0.348 e. The van der Waals surface area contributed by atoms with Crippen LogP contribution in [-0.4, -0.2) is 37.6 Å². The summed E-state index contributed by atoms with van der Waals surface area (Å²) < 4.78 is 24.6. The second kappa shape index (κ2) is 9.55. The van der Waals surface area contributed by atoms with Crippen molar-refractivity contribution in [1.82, 2.24) is 10.2 Å². The van der Waals surface area contributed by atoms with Gasteiger partial charge in [-0.05, 0) is 49.6 Å². The molecule has 0 radical (unpaired) electrons. The number of carbonyl (C=O) groups excluding carboxylic acids is 1. The zero-order valence-electron chi connectivity index (χ0n) is 17.2. The molecule has 156 valence electrons. The van der Waals surface area contributed by atoms with E-state index < -0.39 is 9.84 Å². The van der Waals surface area contributed by atoms with Crippen molar-refractivity contribution in [1.29, 1.82) is 0 Å². The fourth-order valence-electron chi connectivity index (χ4n) is 3.85. The highest BCUT2D eigenvalue weighted by molar-refractivity contribution is 7.91. The molecule has 5 nitrogen and oxygen atoms in total. The average molecular weight is 415 g/mol. The molecule has 3 rings (SSSR count). The summed E-state index contributed by atoms with van der Waals surface area (Å²) in [5.74, 6) is -0.396.